The summed E-state index contributed by atoms with van der Waals surface area (Å²) in [5, 5.41) is 5.63. The highest BCUT2D eigenvalue weighted by Gasteiger charge is 2.21. The zero-order chi connectivity index (χ0) is 17.4. The van der Waals surface area contributed by atoms with Gasteiger partial charge in [-0.3, -0.25) is 4.90 Å². The molecular weight excluding hydrogens is 320 g/mol. The van der Waals surface area contributed by atoms with Gasteiger partial charge in [-0.2, -0.15) is 8.78 Å². The number of hydrogen-bond acceptors (Lipinski definition) is 4. The number of methoxy groups -OCH3 is 1. The summed E-state index contributed by atoms with van der Waals surface area (Å²) in [4.78, 5) is 14.3. The van der Waals surface area contributed by atoms with Crippen molar-refractivity contribution in [3.05, 3.63) is 24.3 Å². The minimum Gasteiger partial charge on any atom is -0.435 e. The lowest BCUT2D eigenvalue weighted by Gasteiger charge is -2.32. The highest BCUT2D eigenvalue weighted by molar-refractivity contribution is 5.89. The maximum Gasteiger partial charge on any atom is 0.387 e. The number of anilines is 1. The molecule has 0 radical (unpaired) electrons. The van der Waals surface area contributed by atoms with Gasteiger partial charge in [0, 0.05) is 31.9 Å². The van der Waals surface area contributed by atoms with Crippen molar-refractivity contribution in [2.45, 2.75) is 25.5 Å². The summed E-state index contributed by atoms with van der Waals surface area (Å²) in [7, 11) is 1.67. The number of hydrogen-bond donors (Lipinski definition) is 2. The maximum absolute atomic E-state index is 12.1. The van der Waals surface area contributed by atoms with E-state index in [0.717, 1.165) is 32.5 Å². The van der Waals surface area contributed by atoms with Gasteiger partial charge in [-0.05, 0) is 43.7 Å². The molecule has 2 amide bonds. The quantitative estimate of drug-likeness (QED) is 0.799. The number of nitrogens with one attached hydrogen (secondary N) is 2. The average molecular weight is 343 g/mol. The minimum atomic E-state index is -2.86. The molecule has 0 saturated carbocycles. The molecule has 8 heteroatoms. The van der Waals surface area contributed by atoms with Crippen molar-refractivity contribution in [2.24, 2.45) is 0 Å². The predicted octanol–water partition coefficient (Wildman–Crippen LogP) is 2.52. The molecule has 1 heterocycles. The van der Waals surface area contributed by atoms with E-state index >= 15 is 0 Å². The topological polar surface area (TPSA) is 62.8 Å². The Morgan fingerprint density at radius 2 is 2.12 bits per heavy atom. The van der Waals surface area contributed by atoms with Gasteiger partial charge in [0.15, 0.2) is 0 Å². The van der Waals surface area contributed by atoms with Gasteiger partial charge in [-0.15, -0.1) is 0 Å². The van der Waals surface area contributed by atoms with Gasteiger partial charge in [0.2, 0.25) is 0 Å². The molecule has 1 aromatic rings. The van der Waals surface area contributed by atoms with Crippen LogP contribution in [0.3, 0.4) is 0 Å². The summed E-state index contributed by atoms with van der Waals surface area (Å²) in [6.07, 6.45) is 1.95. The third-order valence-corrected chi connectivity index (χ3v) is 3.79. The molecule has 1 atom stereocenters. The molecule has 0 bridgehead atoms. The SMILES string of the molecule is COCCN1CCC[C@H](NC(=O)Nc2ccc(OC(F)F)cc2)C1. The van der Waals surface area contributed by atoms with Crippen molar-refractivity contribution in [1.82, 2.24) is 10.2 Å². The van der Waals surface area contributed by atoms with Crippen molar-refractivity contribution >= 4 is 11.7 Å². The Bertz CT molecular complexity index is 514. The van der Waals surface area contributed by atoms with Crippen LogP contribution in [-0.2, 0) is 4.74 Å². The number of halogens is 2. The van der Waals surface area contributed by atoms with Gasteiger partial charge in [0.25, 0.3) is 0 Å². The second-order valence-electron chi connectivity index (χ2n) is 5.63. The zero-order valence-corrected chi connectivity index (χ0v) is 13.6. The number of amides is 2. The molecule has 0 aromatic heterocycles. The van der Waals surface area contributed by atoms with E-state index in [4.69, 9.17) is 4.74 Å². The van der Waals surface area contributed by atoms with Crippen LogP contribution in [0.25, 0.3) is 0 Å². The summed E-state index contributed by atoms with van der Waals surface area (Å²) in [5.41, 5.74) is 0.515. The van der Waals surface area contributed by atoms with E-state index < -0.39 is 6.61 Å². The second-order valence-corrected chi connectivity index (χ2v) is 5.63. The summed E-state index contributed by atoms with van der Waals surface area (Å²) < 4.78 is 33.5. The number of alkyl halides is 2. The molecule has 1 fully saturated rings. The minimum absolute atomic E-state index is 0.0528. The van der Waals surface area contributed by atoms with Crippen molar-refractivity contribution < 1.29 is 23.0 Å². The Hall–Kier alpha value is -1.93. The largest absolute Gasteiger partial charge is 0.435 e. The summed E-state index contributed by atoms with van der Waals surface area (Å²) in [6, 6.07) is 5.57. The highest BCUT2D eigenvalue weighted by atomic mass is 19.3. The van der Waals surface area contributed by atoms with Crippen LogP contribution in [0.2, 0.25) is 0 Å². The summed E-state index contributed by atoms with van der Waals surface area (Å²) in [6.45, 7) is 0.458. The first kappa shape index (κ1) is 18.4. The summed E-state index contributed by atoms with van der Waals surface area (Å²) >= 11 is 0. The number of likely N-dealkylation sites (tertiary alicyclic amines) is 1. The van der Waals surface area contributed by atoms with E-state index in [9.17, 15) is 13.6 Å². The molecule has 134 valence electrons. The van der Waals surface area contributed by atoms with Gasteiger partial charge in [0.05, 0.1) is 6.61 Å². The molecule has 2 rings (SSSR count). The van der Waals surface area contributed by atoms with Crippen LogP contribution in [0, 0.1) is 0 Å². The highest BCUT2D eigenvalue weighted by Crippen LogP contribution is 2.18. The standard InChI is InChI=1S/C16H23F2N3O3/c1-23-10-9-21-8-2-3-13(11-21)20-16(22)19-12-4-6-14(7-5-12)24-15(17)18/h4-7,13,15H,2-3,8-11H2,1H3,(H2,19,20,22)/t13-/m0/s1. The van der Waals surface area contributed by atoms with Crippen LogP contribution < -0.4 is 15.4 Å². The fourth-order valence-corrected chi connectivity index (χ4v) is 2.67. The third kappa shape index (κ3) is 6.29. The van der Waals surface area contributed by atoms with Crippen LogP contribution in [0.15, 0.2) is 24.3 Å². The average Bonchev–Trinajstić information content (AvgIpc) is 2.54. The third-order valence-electron chi connectivity index (χ3n) is 3.79. The number of urea groups is 1. The van der Waals surface area contributed by atoms with E-state index in [2.05, 4.69) is 20.3 Å². The van der Waals surface area contributed by atoms with E-state index in [1.54, 1.807) is 7.11 Å². The molecule has 0 aliphatic carbocycles. The molecule has 0 unspecified atom stereocenters. The molecule has 1 aliphatic heterocycles. The Morgan fingerprint density at radius 1 is 1.38 bits per heavy atom. The van der Waals surface area contributed by atoms with Crippen LogP contribution in [0.1, 0.15) is 12.8 Å². The smallest absolute Gasteiger partial charge is 0.387 e. The molecule has 6 nitrogen and oxygen atoms in total. The van der Waals surface area contributed by atoms with Gasteiger partial charge in [-0.25, -0.2) is 4.79 Å². The zero-order valence-electron chi connectivity index (χ0n) is 13.6. The fourth-order valence-electron chi connectivity index (χ4n) is 2.67. The molecule has 2 N–H and O–H groups in total. The van der Waals surface area contributed by atoms with Crippen molar-refractivity contribution in [1.29, 1.82) is 0 Å². The van der Waals surface area contributed by atoms with E-state index in [1.807, 2.05) is 0 Å². The number of carbonyl (C=O) groups is 1. The molecule has 1 saturated heterocycles. The lowest BCUT2D eigenvalue weighted by Crippen LogP contribution is -2.49. The first-order chi connectivity index (χ1) is 11.6. The Kier molecular flexibility index (Phi) is 7.20. The van der Waals surface area contributed by atoms with Crippen molar-refractivity contribution in [3.8, 4) is 5.75 Å². The molecule has 1 aromatic carbocycles. The van der Waals surface area contributed by atoms with E-state index in [1.165, 1.54) is 24.3 Å². The number of rotatable bonds is 7. The lowest BCUT2D eigenvalue weighted by molar-refractivity contribution is -0.0498. The predicted molar refractivity (Wildman–Crippen MR) is 86.6 cm³/mol. The van der Waals surface area contributed by atoms with E-state index in [-0.39, 0.29) is 17.8 Å². The fraction of sp³-hybridized carbons (Fsp3) is 0.562. The number of benzene rings is 1. The van der Waals surface area contributed by atoms with Crippen LogP contribution in [0.5, 0.6) is 5.75 Å². The number of piperidine rings is 1. The Morgan fingerprint density at radius 3 is 2.79 bits per heavy atom. The van der Waals surface area contributed by atoms with Crippen molar-refractivity contribution in [3.63, 3.8) is 0 Å². The Labute approximate surface area is 140 Å². The molecular formula is C16H23F2N3O3. The molecule has 24 heavy (non-hydrogen) atoms. The summed E-state index contributed by atoms with van der Waals surface area (Å²) in [5.74, 6) is 0.0528. The van der Waals surface area contributed by atoms with Gasteiger partial charge < -0.3 is 20.1 Å². The lowest BCUT2D eigenvalue weighted by atomic mass is 10.1. The number of carbonyl (C=O) groups excluding carboxylic acids is 1. The van der Waals surface area contributed by atoms with Gasteiger partial charge >= 0.3 is 12.6 Å². The van der Waals surface area contributed by atoms with Gasteiger partial charge in [0.1, 0.15) is 5.75 Å². The Balaban J connectivity index is 1.78. The number of ether oxygens (including phenoxy) is 2. The van der Waals surface area contributed by atoms with Crippen molar-refractivity contribution in [2.75, 3.05) is 38.7 Å². The first-order valence-electron chi connectivity index (χ1n) is 7.90. The molecule has 0 spiro atoms. The normalized spacial score (nSPS) is 18.4. The van der Waals surface area contributed by atoms with Gasteiger partial charge in [-0.1, -0.05) is 0 Å². The first-order valence-corrected chi connectivity index (χ1v) is 7.90. The second kappa shape index (κ2) is 9.39. The van der Waals surface area contributed by atoms with E-state index in [0.29, 0.717) is 12.3 Å². The van der Waals surface area contributed by atoms with Crippen LogP contribution in [0.4, 0.5) is 19.3 Å². The van der Waals surface area contributed by atoms with Crippen LogP contribution >= 0.6 is 0 Å². The number of nitrogens with zero attached hydrogens (tertiary/aromatic N) is 1. The monoisotopic (exact) mass is 343 g/mol. The maximum atomic E-state index is 12.1. The van der Waals surface area contributed by atoms with Crippen LogP contribution in [-0.4, -0.2) is 56.9 Å². The molecule has 1 aliphatic rings.